The quantitative estimate of drug-likeness (QED) is 0.667. The van der Waals surface area contributed by atoms with E-state index in [-0.39, 0.29) is 18.2 Å². The van der Waals surface area contributed by atoms with Crippen molar-refractivity contribution in [1.29, 1.82) is 0 Å². The number of carbonyl (C=O) groups excluding carboxylic acids is 2. The van der Waals surface area contributed by atoms with Crippen molar-refractivity contribution >= 4 is 27.6 Å². The number of halogens is 1. The van der Waals surface area contributed by atoms with E-state index in [2.05, 4.69) is 27.2 Å². The molecule has 1 atom stereocenters. The molecule has 0 fully saturated rings. The van der Waals surface area contributed by atoms with E-state index in [4.69, 9.17) is 11.2 Å². The Morgan fingerprint density at radius 3 is 2.79 bits per heavy atom. The summed E-state index contributed by atoms with van der Waals surface area (Å²) in [4.78, 5) is 23.1. The number of Topliss-reactive ketones (excluding diaryl/α,β-unsaturated/α-hetero) is 1. The van der Waals surface area contributed by atoms with E-state index >= 15 is 0 Å². The van der Waals surface area contributed by atoms with Crippen molar-refractivity contribution in [3.8, 4) is 18.1 Å². The number of benzene rings is 1. The average molecular weight is 324 g/mol. The van der Waals surface area contributed by atoms with Gasteiger partial charge in [0.05, 0.1) is 12.1 Å². The third-order valence-corrected chi connectivity index (χ3v) is 2.85. The SMILES string of the molecule is C#CCNC(=O)C(C)Oc1cc(Br)ccc1C(C)=O. The first-order valence-corrected chi connectivity index (χ1v) is 6.43. The molecule has 1 rings (SSSR count). The Morgan fingerprint density at radius 1 is 1.53 bits per heavy atom. The molecule has 0 aliphatic heterocycles. The molecule has 5 heteroatoms. The van der Waals surface area contributed by atoms with Crippen molar-refractivity contribution in [2.24, 2.45) is 0 Å². The van der Waals surface area contributed by atoms with E-state index in [9.17, 15) is 9.59 Å². The van der Waals surface area contributed by atoms with E-state index in [0.29, 0.717) is 11.3 Å². The molecule has 4 nitrogen and oxygen atoms in total. The van der Waals surface area contributed by atoms with Crippen LogP contribution in [0.1, 0.15) is 24.2 Å². The third kappa shape index (κ3) is 4.42. The fourth-order valence-electron chi connectivity index (χ4n) is 1.41. The van der Waals surface area contributed by atoms with Crippen LogP contribution in [0.3, 0.4) is 0 Å². The third-order valence-electron chi connectivity index (χ3n) is 2.36. The van der Waals surface area contributed by atoms with Crippen LogP contribution in [-0.2, 0) is 4.79 Å². The van der Waals surface area contributed by atoms with Gasteiger partial charge >= 0.3 is 0 Å². The Kier molecular flexibility index (Phi) is 5.58. The van der Waals surface area contributed by atoms with Gasteiger partial charge in [-0.2, -0.15) is 0 Å². The van der Waals surface area contributed by atoms with Gasteiger partial charge in [-0.1, -0.05) is 21.9 Å². The summed E-state index contributed by atoms with van der Waals surface area (Å²) >= 11 is 3.30. The van der Waals surface area contributed by atoms with E-state index in [1.165, 1.54) is 6.92 Å². The summed E-state index contributed by atoms with van der Waals surface area (Å²) in [5, 5.41) is 2.52. The smallest absolute Gasteiger partial charge is 0.261 e. The van der Waals surface area contributed by atoms with Crippen LogP contribution in [0, 0.1) is 12.3 Å². The molecule has 100 valence electrons. The second kappa shape index (κ2) is 6.95. The summed E-state index contributed by atoms with van der Waals surface area (Å²) in [5.74, 6) is 2.22. The fourth-order valence-corrected chi connectivity index (χ4v) is 1.75. The van der Waals surface area contributed by atoms with E-state index in [1.54, 1.807) is 25.1 Å². The van der Waals surface area contributed by atoms with Crippen LogP contribution in [0.15, 0.2) is 22.7 Å². The summed E-state index contributed by atoms with van der Waals surface area (Å²) in [6, 6.07) is 5.04. The standard InChI is InChI=1S/C14H14BrNO3/c1-4-7-16-14(18)10(3)19-13-8-11(15)5-6-12(13)9(2)17/h1,5-6,8,10H,7H2,2-3H3,(H,16,18). The van der Waals surface area contributed by atoms with Gasteiger partial charge in [-0.05, 0) is 32.0 Å². The van der Waals surface area contributed by atoms with Gasteiger partial charge in [-0.15, -0.1) is 6.42 Å². The van der Waals surface area contributed by atoms with Crippen LogP contribution in [0.25, 0.3) is 0 Å². The van der Waals surface area contributed by atoms with Crippen LogP contribution in [0.4, 0.5) is 0 Å². The van der Waals surface area contributed by atoms with Crippen LogP contribution >= 0.6 is 15.9 Å². The average Bonchev–Trinajstić information content (AvgIpc) is 2.35. The van der Waals surface area contributed by atoms with Gasteiger partial charge in [0, 0.05) is 4.47 Å². The van der Waals surface area contributed by atoms with Gasteiger partial charge in [0.2, 0.25) is 0 Å². The predicted octanol–water partition coefficient (Wildman–Crippen LogP) is 2.17. The molecule has 0 aliphatic carbocycles. The van der Waals surface area contributed by atoms with Crippen molar-refractivity contribution < 1.29 is 14.3 Å². The maximum Gasteiger partial charge on any atom is 0.261 e. The number of nitrogens with one attached hydrogen (secondary N) is 1. The zero-order valence-corrected chi connectivity index (χ0v) is 12.3. The lowest BCUT2D eigenvalue weighted by Crippen LogP contribution is -2.36. The van der Waals surface area contributed by atoms with Crippen molar-refractivity contribution in [2.45, 2.75) is 20.0 Å². The van der Waals surface area contributed by atoms with Gasteiger partial charge in [0.1, 0.15) is 5.75 Å². The van der Waals surface area contributed by atoms with E-state index < -0.39 is 6.10 Å². The summed E-state index contributed by atoms with van der Waals surface area (Å²) in [5.41, 5.74) is 0.430. The van der Waals surface area contributed by atoms with Crippen LogP contribution in [0.2, 0.25) is 0 Å². The van der Waals surface area contributed by atoms with Gasteiger partial charge in [-0.25, -0.2) is 0 Å². The van der Waals surface area contributed by atoms with Gasteiger partial charge in [-0.3, -0.25) is 9.59 Å². The van der Waals surface area contributed by atoms with Gasteiger partial charge < -0.3 is 10.1 Å². The Bertz CT molecular complexity index is 534. The van der Waals surface area contributed by atoms with Crippen molar-refractivity contribution in [2.75, 3.05) is 6.54 Å². The molecule has 1 unspecified atom stereocenters. The second-order valence-corrected chi connectivity index (χ2v) is 4.79. The summed E-state index contributed by atoms with van der Waals surface area (Å²) in [7, 11) is 0. The highest BCUT2D eigenvalue weighted by molar-refractivity contribution is 9.10. The molecular formula is C14H14BrNO3. The molecular weight excluding hydrogens is 310 g/mol. The molecule has 0 aromatic heterocycles. The lowest BCUT2D eigenvalue weighted by atomic mass is 10.1. The largest absolute Gasteiger partial charge is 0.480 e. The Morgan fingerprint density at radius 2 is 2.21 bits per heavy atom. The molecule has 1 aromatic rings. The number of hydrogen-bond donors (Lipinski definition) is 1. The highest BCUT2D eigenvalue weighted by Crippen LogP contribution is 2.25. The normalized spacial score (nSPS) is 11.3. The number of hydrogen-bond acceptors (Lipinski definition) is 3. The Labute approximate surface area is 120 Å². The predicted molar refractivity (Wildman–Crippen MR) is 76.1 cm³/mol. The van der Waals surface area contributed by atoms with Gasteiger partial charge in [0.15, 0.2) is 11.9 Å². The molecule has 1 amide bonds. The maximum atomic E-state index is 11.6. The van der Waals surface area contributed by atoms with Crippen molar-refractivity contribution in [1.82, 2.24) is 5.32 Å². The topological polar surface area (TPSA) is 55.4 Å². The highest BCUT2D eigenvalue weighted by atomic mass is 79.9. The molecule has 0 aliphatic rings. The molecule has 0 radical (unpaired) electrons. The Balaban J connectivity index is 2.87. The minimum Gasteiger partial charge on any atom is -0.480 e. The fraction of sp³-hybridized carbons (Fsp3) is 0.286. The van der Waals surface area contributed by atoms with Crippen molar-refractivity contribution in [3.05, 3.63) is 28.2 Å². The van der Waals surface area contributed by atoms with E-state index in [0.717, 1.165) is 4.47 Å². The second-order valence-electron chi connectivity index (χ2n) is 3.88. The minimum atomic E-state index is -0.735. The lowest BCUT2D eigenvalue weighted by molar-refractivity contribution is -0.127. The Hall–Kier alpha value is -1.80. The summed E-state index contributed by atoms with van der Waals surface area (Å²) in [6.07, 6.45) is 4.32. The lowest BCUT2D eigenvalue weighted by Gasteiger charge is -2.16. The van der Waals surface area contributed by atoms with Gasteiger partial charge in [0.25, 0.3) is 5.91 Å². The molecule has 0 heterocycles. The monoisotopic (exact) mass is 323 g/mol. The molecule has 0 spiro atoms. The number of ketones is 1. The molecule has 0 saturated heterocycles. The number of amides is 1. The summed E-state index contributed by atoms with van der Waals surface area (Å²) in [6.45, 7) is 3.18. The molecule has 1 N–H and O–H groups in total. The first-order chi connectivity index (χ1) is 8.95. The summed E-state index contributed by atoms with van der Waals surface area (Å²) < 4.78 is 6.28. The first-order valence-electron chi connectivity index (χ1n) is 5.64. The molecule has 0 saturated carbocycles. The number of ether oxygens (including phenoxy) is 1. The molecule has 0 bridgehead atoms. The van der Waals surface area contributed by atoms with Crippen LogP contribution < -0.4 is 10.1 Å². The minimum absolute atomic E-state index is 0.126. The number of rotatable bonds is 5. The first kappa shape index (κ1) is 15.3. The molecule has 19 heavy (non-hydrogen) atoms. The van der Waals surface area contributed by atoms with Crippen molar-refractivity contribution in [3.63, 3.8) is 0 Å². The highest BCUT2D eigenvalue weighted by Gasteiger charge is 2.17. The van der Waals surface area contributed by atoms with E-state index in [1.807, 2.05) is 0 Å². The molecule has 1 aromatic carbocycles. The zero-order chi connectivity index (χ0) is 14.4. The number of carbonyl (C=O) groups is 2. The van der Waals surface area contributed by atoms with Crippen LogP contribution in [-0.4, -0.2) is 24.3 Å². The maximum absolute atomic E-state index is 11.6. The zero-order valence-electron chi connectivity index (χ0n) is 10.7. The van der Waals surface area contributed by atoms with Crippen LogP contribution in [0.5, 0.6) is 5.75 Å². The number of terminal acetylenes is 1.